The van der Waals surface area contributed by atoms with Crippen molar-refractivity contribution in [2.75, 3.05) is 11.4 Å². The van der Waals surface area contributed by atoms with Gasteiger partial charge in [0.1, 0.15) is 11.6 Å². The second-order valence-electron chi connectivity index (χ2n) is 9.53. The van der Waals surface area contributed by atoms with Gasteiger partial charge >= 0.3 is 12.3 Å². The number of benzene rings is 3. The van der Waals surface area contributed by atoms with Crippen LogP contribution in [-0.2, 0) is 21.3 Å². The highest BCUT2D eigenvalue weighted by atomic mass is 32.2. The van der Waals surface area contributed by atoms with Crippen molar-refractivity contribution < 1.29 is 35.9 Å². The molecule has 0 saturated heterocycles. The number of alkyl halides is 3. The Hall–Kier alpha value is -4.12. The van der Waals surface area contributed by atoms with E-state index in [0.29, 0.717) is 11.1 Å². The van der Waals surface area contributed by atoms with Crippen molar-refractivity contribution >= 4 is 32.6 Å². The molecule has 11 heteroatoms. The second-order valence-corrected chi connectivity index (χ2v) is 11.4. The van der Waals surface area contributed by atoms with Crippen LogP contribution in [-0.4, -0.2) is 32.8 Å². The third kappa shape index (κ3) is 5.60. The molecule has 1 heterocycles. The lowest BCUT2D eigenvalue weighted by atomic mass is 10.0. The van der Waals surface area contributed by atoms with E-state index in [1.807, 2.05) is 24.3 Å². The van der Waals surface area contributed by atoms with E-state index >= 15 is 0 Å². The van der Waals surface area contributed by atoms with E-state index in [0.717, 1.165) is 41.3 Å². The van der Waals surface area contributed by atoms with Gasteiger partial charge in [-0.1, -0.05) is 36.4 Å². The van der Waals surface area contributed by atoms with Gasteiger partial charge in [0.05, 0.1) is 24.1 Å². The highest BCUT2D eigenvalue weighted by molar-refractivity contribution is 7.92. The van der Waals surface area contributed by atoms with Gasteiger partial charge in [-0.25, -0.2) is 22.5 Å². The molecule has 1 saturated carbocycles. The molecular weight excluding hydrogens is 545 g/mol. The minimum atomic E-state index is -4.85. The minimum absolute atomic E-state index is 0.0334. The number of pyridine rings is 1. The summed E-state index contributed by atoms with van der Waals surface area (Å²) in [6, 6.07) is 16.8. The average Bonchev–Trinajstić information content (AvgIpc) is 3.76. The molecule has 1 aromatic heterocycles. The van der Waals surface area contributed by atoms with Gasteiger partial charge in [-0.2, -0.15) is 0 Å². The normalized spacial score (nSPS) is 13.7. The molecule has 0 amide bonds. The molecule has 208 valence electrons. The number of ether oxygens (including phenoxy) is 2. The molecule has 0 atom stereocenters. The summed E-state index contributed by atoms with van der Waals surface area (Å²) in [4.78, 5) is 16.6. The Balaban J connectivity index is 1.64. The Bertz CT molecular complexity index is 1680. The predicted octanol–water partition coefficient (Wildman–Crippen LogP) is 6.50. The molecule has 0 aliphatic heterocycles. The van der Waals surface area contributed by atoms with Crippen LogP contribution in [0.25, 0.3) is 10.8 Å². The van der Waals surface area contributed by atoms with E-state index in [1.54, 1.807) is 13.1 Å². The van der Waals surface area contributed by atoms with Crippen LogP contribution >= 0.6 is 0 Å². The zero-order valence-electron chi connectivity index (χ0n) is 21.6. The molecular formula is C29H25F3N2O5S. The highest BCUT2D eigenvalue weighted by Crippen LogP contribution is 2.48. The quantitative estimate of drug-likeness (QED) is 0.225. The maximum atomic E-state index is 14.3. The number of hydrogen-bond acceptors (Lipinski definition) is 6. The number of anilines is 1. The molecule has 7 nitrogen and oxygen atoms in total. The smallest absolute Gasteiger partial charge is 0.465 e. The van der Waals surface area contributed by atoms with Crippen LogP contribution in [0.4, 0.5) is 19.0 Å². The van der Waals surface area contributed by atoms with E-state index < -0.39 is 28.1 Å². The summed E-state index contributed by atoms with van der Waals surface area (Å²) >= 11 is 0. The molecule has 0 radical (unpaired) electrons. The number of hydrogen-bond donors (Lipinski definition) is 0. The number of nitrogens with zero attached hydrogens (tertiary/aromatic N) is 2. The molecule has 0 unspecified atom stereocenters. The third-order valence-corrected chi connectivity index (χ3v) is 8.58. The van der Waals surface area contributed by atoms with Crippen LogP contribution in [0, 0.1) is 6.92 Å². The molecule has 0 spiro atoms. The van der Waals surface area contributed by atoms with Crippen LogP contribution in [0.3, 0.4) is 0 Å². The Labute approximate surface area is 229 Å². The minimum Gasteiger partial charge on any atom is -0.465 e. The fourth-order valence-electron chi connectivity index (χ4n) is 4.69. The van der Waals surface area contributed by atoms with Crippen molar-refractivity contribution in [2.45, 2.75) is 43.5 Å². The zero-order valence-corrected chi connectivity index (χ0v) is 22.4. The molecule has 5 rings (SSSR count). The van der Waals surface area contributed by atoms with Gasteiger partial charge in [-0.15, -0.1) is 13.2 Å². The topological polar surface area (TPSA) is 85.8 Å². The molecule has 3 aromatic carbocycles. The number of carbonyl (C=O) groups excluding carboxylic acids is 1. The van der Waals surface area contributed by atoms with Gasteiger partial charge in [-0.05, 0) is 72.5 Å². The van der Waals surface area contributed by atoms with Crippen molar-refractivity contribution in [2.24, 2.45) is 0 Å². The number of esters is 1. The average molecular weight is 571 g/mol. The summed E-state index contributed by atoms with van der Waals surface area (Å²) in [7, 11) is -3.02. The number of carbonyl (C=O) groups is 1. The number of rotatable bonds is 8. The molecule has 1 aliphatic carbocycles. The molecule has 0 N–H and O–H groups in total. The SMILES string of the molecule is COC(=O)c1ccc(S(=O)(=O)N(Cc2ccc(OC(F)(F)F)cc2)c2ncc3ccccc3c2C2CC2)c(C)c1. The highest BCUT2D eigenvalue weighted by Gasteiger charge is 2.36. The van der Waals surface area contributed by atoms with Gasteiger partial charge in [0.2, 0.25) is 0 Å². The van der Waals surface area contributed by atoms with Gasteiger partial charge < -0.3 is 9.47 Å². The number of sulfonamides is 1. The molecule has 0 bridgehead atoms. The van der Waals surface area contributed by atoms with Gasteiger partial charge in [0.25, 0.3) is 10.0 Å². The van der Waals surface area contributed by atoms with E-state index in [2.05, 4.69) is 9.72 Å². The Kier molecular flexibility index (Phi) is 7.17. The Morgan fingerprint density at radius 1 is 1.05 bits per heavy atom. The van der Waals surface area contributed by atoms with Crippen molar-refractivity contribution in [1.29, 1.82) is 0 Å². The summed E-state index contributed by atoms with van der Waals surface area (Å²) < 4.78 is 76.5. The summed E-state index contributed by atoms with van der Waals surface area (Å²) in [5.41, 5.74) is 1.77. The predicted molar refractivity (Wildman–Crippen MR) is 143 cm³/mol. The third-order valence-electron chi connectivity index (χ3n) is 6.69. The largest absolute Gasteiger partial charge is 0.573 e. The van der Waals surface area contributed by atoms with Crippen LogP contribution in [0.5, 0.6) is 5.75 Å². The Morgan fingerprint density at radius 3 is 2.38 bits per heavy atom. The zero-order chi connectivity index (χ0) is 28.7. The summed E-state index contributed by atoms with van der Waals surface area (Å²) in [6.45, 7) is 1.38. The number of aryl methyl sites for hydroxylation is 1. The van der Waals surface area contributed by atoms with Crippen molar-refractivity contribution in [1.82, 2.24) is 4.98 Å². The van der Waals surface area contributed by atoms with Gasteiger partial charge in [0.15, 0.2) is 0 Å². The lowest BCUT2D eigenvalue weighted by Crippen LogP contribution is -2.33. The van der Waals surface area contributed by atoms with Crippen molar-refractivity contribution in [3.63, 3.8) is 0 Å². The lowest BCUT2D eigenvalue weighted by Gasteiger charge is -2.27. The summed E-state index contributed by atoms with van der Waals surface area (Å²) in [6.07, 6.45) is -1.47. The van der Waals surface area contributed by atoms with E-state index in [9.17, 15) is 26.4 Å². The first-order valence-corrected chi connectivity index (χ1v) is 13.9. The molecule has 40 heavy (non-hydrogen) atoms. The maximum Gasteiger partial charge on any atom is 0.573 e. The first-order valence-electron chi connectivity index (χ1n) is 12.4. The van der Waals surface area contributed by atoms with Crippen LogP contribution in [0.2, 0.25) is 0 Å². The van der Waals surface area contributed by atoms with Crippen LogP contribution < -0.4 is 9.04 Å². The number of halogens is 3. The monoisotopic (exact) mass is 570 g/mol. The van der Waals surface area contributed by atoms with E-state index in [4.69, 9.17) is 4.74 Å². The first-order chi connectivity index (χ1) is 19.0. The number of methoxy groups -OCH3 is 1. The standard InChI is InChI=1S/C29H25F3N2O5S/c1-18-15-21(28(35)38-2)11-14-25(18)40(36,37)34(17-19-7-12-23(13-8-19)39-29(30,31)32)27-26(20-9-10-20)24-6-4-3-5-22(24)16-33-27/h3-8,11-16,20H,9-10,17H2,1-2H3. The maximum absolute atomic E-state index is 14.3. The molecule has 1 aliphatic rings. The number of fused-ring (bicyclic) bond motifs is 1. The summed E-state index contributed by atoms with van der Waals surface area (Å²) in [5, 5.41) is 1.76. The lowest BCUT2D eigenvalue weighted by molar-refractivity contribution is -0.274. The molecule has 4 aromatic rings. The van der Waals surface area contributed by atoms with Crippen molar-refractivity contribution in [3.05, 3.63) is 95.2 Å². The fraction of sp³-hybridized carbons (Fsp3) is 0.241. The fourth-order valence-corrected chi connectivity index (χ4v) is 6.32. The summed E-state index contributed by atoms with van der Waals surface area (Å²) in [5.74, 6) is -0.635. The van der Waals surface area contributed by atoms with Gasteiger partial charge in [-0.3, -0.25) is 0 Å². The Morgan fingerprint density at radius 2 is 1.75 bits per heavy atom. The van der Waals surface area contributed by atoms with Crippen LogP contribution in [0.1, 0.15) is 45.8 Å². The molecule has 1 fully saturated rings. The van der Waals surface area contributed by atoms with Gasteiger partial charge in [0, 0.05) is 17.1 Å². The van der Waals surface area contributed by atoms with E-state index in [1.165, 1.54) is 41.7 Å². The van der Waals surface area contributed by atoms with E-state index in [-0.39, 0.29) is 28.7 Å². The second kappa shape index (κ2) is 10.5. The first kappa shape index (κ1) is 27.4. The van der Waals surface area contributed by atoms with Crippen molar-refractivity contribution in [3.8, 4) is 5.75 Å². The number of aromatic nitrogens is 1. The van der Waals surface area contributed by atoms with Crippen LogP contribution in [0.15, 0.2) is 77.8 Å².